The van der Waals surface area contributed by atoms with Crippen LogP contribution >= 0.6 is 0 Å². The van der Waals surface area contributed by atoms with Crippen LogP contribution in [0.1, 0.15) is 0 Å². The molecule has 10 heterocycles. The predicted octanol–water partition coefficient (Wildman–Crippen LogP) is 2.83. The fraction of sp³-hybridized carbons (Fsp3) is 0.909. The Balaban J connectivity index is 1.98. The summed E-state index contributed by atoms with van der Waals surface area (Å²) in [6.07, 6.45) is 0. The first kappa shape index (κ1) is 4.47. The van der Waals surface area contributed by atoms with Gasteiger partial charge in [0.25, 0.3) is 0 Å². The van der Waals surface area contributed by atoms with Gasteiger partial charge >= 0.3 is 70.0 Å². The van der Waals surface area contributed by atoms with Crippen LogP contribution in [0.5, 0.6) is 0 Å². The molecule has 3 heteroatoms. The molecule has 1 N–H and O–H groups in total. The third-order valence-electron chi connectivity index (χ3n) is 15.0. The van der Waals surface area contributed by atoms with E-state index in [0.717, 1.165) is 9.63 Å². The van der Waals surface area contributed by atoms with E-state index in [4.69, 9.17) is 0 Å². The molecule has 0 aromatic rings. The molecule has 2 nitrogen and oxygen atoms in total. The summed E-state index contributed by atoms with van der Waals surface area (Å²) in [5.74, 6) is -0.274. The SMILES string of the molecule is O=C(O)[C]12[CH]3[CH]4[CH]5[CH]1[Fe]45321678[CH]2[CH]1[CH]6[CH]7[CH]28. The van der Waals surface area contributed by atoms with E-state index in [2.05, 4.69) is 0 Å². The quantitative estimate of drug-likeness (QED) is 0.703. The Kier molecular flexibility index (Phi) is 0.0908. The normalized spacial score (nSPS) is 142. The molecule has 1 spiro atoms. The van der Waals surface area contributed by atoms with Crippen LogP contribution < -0.4 is 0 Å². The van der Waals surface area contributed by atoms with Gasteiger partial charge in [-0.25, -0.2) is 0 Å². The van der Waals surface area contributed by atoms with Gasteiger partial charge in [0.2, 0.25) is 0 Å². The van der Waals surface area contributed by atoms with Crippen molar-refractivity contribution in [3.8, 4) is 0 Å². The molecule has 0 saturated carbocycles. The third-order valence-corrected chi connectivity index (χ3v) is 57.3. The topological polar surface area (TPSA) is 37.3 Å². The Morgan fingerprint density at radius 3 is 1.43 bits per heavy atom. The Morgan fingerprint density at radius 2 is 1.36 bits per heavy atom. The Labute approximate surface area is 70.3 Å². The fourth-order valence-electron chi connectivity index (χ4n) is 16.8. The minimum atomic E-state index is -3.19. The van der Waals surface area contributed by atoms with Gasteiger partial charge in [0, 0.05) is 0 Å². The Morgan fingerprint density at radius 1 is 0.929 bits per heavy atom. The zero-order valence-electron chi connectivity index (χ0n) is 7.41. The van der Waals surface area contributed by atoms with Crippen molar-refractivity contribution in [3.63, 3.8) is 0 Å². The number of carbonyl (C=O) groups is 1. The molecule has 10 aliphatic rings. The van der Waals surface area contributed by atoms with Crippen LogP contribution in [-0.2, 0) is 11.3 Å². The van der Waals surface area contributed by atoms with E-state index < -0.39 is 6.51 Å². The fourth-order valence-corrected chi connectivity index (χ4v) is 90.3. The second kappa shape index (κ2) is 0.285. The van der Waals surface area contributed by atoms with Crippen LogP contribution in [-0.4, -0.2) is 11.1 Å². The van der Waals surface area contributed by atoms with Crippen LogP contribution in [0.4, 0.5) is 0 Å². The van der Waals surface area contributed by atoms with Crippen LogP contribution in [0.15, 0.2) is 0 Å². The molecular formula is C11H10FeO2. The summed E-state index contributed by atoms with van der Waals surface area (Å²) in [6, 6.07) is 0. The molecular weight excluding hydrogens is 220 g/mol. The third kappa shape index (κ3) is 0.0302. The van der Waals surface area contributed by atoms with Gasteiger partial charge in [0.05, 0.1) is 0 Å². The van der Waals surface area contributed by atoms with Crippen molar-refractivity contribution in [3.05, 3.63) is 0 Å². The molecule has 10 fully saturated rings. The molecule has 0 aromatic heterocycles. The molecule has 0 aromatic carbocycles. The van der Waals surface area contributed by atoms with E-state index in [9.17, 15) is 9.90 Å². The average Bonchev–Trinajstić information content (AvgIpc) is 3.13. The first-order valence-electron chi connectivity index (χ1n) is 5.94. The molecule has 74 valence electrons. The van der Waals surface area contributed by atoms with Gasteiger partial charge in [-0.3, -0.25) is 0 Å². The minimum absolute atomic E-state index is 0.110. The predicted molar refractivity (Wildman–Crippen MR) is 44.1 cm³/mol. The summed E-state index contributed by atoms with van der Waals surface area (Å²) in [6.45, 7) is -3.19. The van der Waals surface area contributed by atoms with Crippen LogP contribution in [0.3, 0.4) is 0 Å². The van der Waals surface area contributed by atoms with Crippen molar-refractivity contribution in [1.29, 1.82) is 0 Å². The molecule has 10 rings (SSSR count). The molecule has 0 aliphatic carbocycles. The van der Waals surface area contributed by atoms with E-state index in [-0.39, 0.29) is 10.3 Å². The summed E-state index contributed by atoms with van der Waals surface area (Å²) >= 11 is 0. The molecule has 0 radical (unpaired) electrons. The van der Waals surface area contributed by atoms with E-state index in [0.29, 0.717) is 0 Å². The van der Waals surface area contributed by atoms with Gasteiger partial charge in [-0.05, 0) is 0 Å². The molecule has 0 amide bonds. The molecule has 10 saturated heterocycles. The Hall–Kier alpha value is -0.0105. The Bertz CT molecular complexity index is 847. The van der Waals surface area contributed by atoms with Crippen molar-refractivity contribution in [2.24, 2.45) is 0 Å². The second-order valence-electron chi connectivity index (χ2n) is 9.98. The summed E-state index contributed by atoms with van der Waals surface area (Å²) in [5, 5.41) is 9.75. The van der Waals surface area contributed by atoms with Crippen molar-refractivity contribution in [2.45, 2.75) is 47.7 Å². The van der Waals surface area contributed by atoms with Gasteiger partial charge in [0.1, 0.15) is 0 Å². The monoisotopic (exact) mass is 230 g/mol. The number of aliphatic carboxylic acids is 1. The van der Waals surface area contributed by atoms with Crippen molar-refractivity contribution >= 4 is 5.97 Å². The molecule has 14 heavy (non-hydrogen) atoms. The molecule has 0 bridgehead atoms. The zero-order valence-corrected chi connectivity index (χ0v) is 8.51. The molecule has 4 atom stereocenters. The van der Waals surface area contributed by atoms with E-state index in [1.807, 2.05) is 0 Å². The van der Waals surface area contributed by atoms with Crippen molar-refractivity contribution in [2.75, 3.05) is 0 Å². The number of hydrogen-bond acceptors (Lipinski definition) is 1. The maximum absolute atomic E-state index is 11.8. The van der Waals surface area contributed by atoms with Gasteiger partial charge in [-0.1, -0.05) is 0 Å². The number of rotatable bonds is 1. The number of fused-ring (bicyclic) bond motifs is 10. The van der Waals surface area contributed by atoms with E-state index in [1.54, 1.807) is 0 Å². The van der Waals surface area contributed by atoms with Crippen molar-refractivity contribution in [1.82, 2.24) is 0 Å². The first-order chi connectivity index (χ1) is 6.49. The summed E-state index contributed by atoms with van der Waals surface area (Å²) in [5.41, 5.74) is 0. The van der Waals surface area contributed by atoms with Gasteiger partial charge in [-0.2, -0.15) is 0 Å². The number of carboxylic acid groups (broad SMARTS) is 1. The van der Waals surface area contributed by atoms with Crippen molar-refractivity contribution < 1.29 is 16.4 Å². The first-order valence-corrected chi connectivity index (χ1v) is 12.2. The average molecular weight is 230 g/mol. The van der Waals surface area contributed by atoms with Crippen LogP contribution in [0.25, 0.3) is 0 Å². The van der Waals surface area contributed by atoms with Crippen LogP contribution in [0, 0.1) is 0 Å². The standard InChI is InChI=1S/C6H5O2.C5H5.Fe/c7-6(8)5-3-1-2-4-5;1-2-4-5-3-1;/h1-4H,(H,7,8);1-5H;. The van der Waals surface area contributed by atoms with Gasteiger partial charge < -0.3 is 0 Å². The molecule has 4 unspecified atom stereocenters. The zero-order chi connectivity index (χ0) is 8.59. The maximum atomic E-state index is 11.8. The second-order valence-corrected chi connectivity index (χ2v) is 33.5. The van der Waals surface area contributed by atoms with Gasteiger partial charge in [-0.15, -0.1) is 0 Å². The number of hydrogen-bond donors (Lipinski definition) is 1. The van der Waals surface area contributed by atoms with E-state index in [1.165, 1.54) is 33.7 Å². The van der Waals surface area contributed by atoms with Gasteiger partial charge in [0.15, 0.2) is 0 Å². The number of carboxylic acids is 1. The summed E-state index contributed by atoms with van der Waals surface area (Å²) in [4.78, 5) is 21.8. The summed E-state index contributed by atoms with van der Waals surface area (Å²) in [7, 11) is 0. The van der Waals surface area contributed by atoms with E-state index >= 15 is 0 Å². The van der Waals surface area contributed by atoms with Crippen LogP contribution in [0.2, 0.25) is 47.7 Å². The summed E-state index contributed by atoms with van der Waals surface area (Å²) < 4.78 is 0.110. The molecule has 10 aliphatic heterocycles.